The first-order valence-corrected chi connectivity index (χ1v) is 7.36. The monoisotopic (exact) mass is 258 g/mol. The third kappa shape index (κ3) is 4.69. The summed E-state index contributed by atoms with van der Waals surface area (Å²) in [5, 5.41) is 8.92. The van der Waals surface area contributed by atoms with Gasteiger partial charge in [-0.3, -0.25) is 4.90 Å². The van der Waals surface area contributed by atoms with E-state index < -0.39 is 0 Å². The van der Waals surface area contributed by atoms with Crippen LogP contribution < -0.4 is 0 Å². The molecule has 0 aliphatic carbocycles. The van der Waals surface area contributed by atoms with Gasteiger partial charge in [0, 0.05) is 12.6 Å². The van der Waals surface area contributed by atoms with Crippen molar-refractivity contribution in [2.24, 2.45) is 0 Å². The fourth-order valence-corrected chi connectivity index (χ4v) is 2.24. The molecule has 2 nitrogen and oxygen atoms in total. The Morgan fingerprint density at radius 3 is 2.58 bits per heavy atom. The predicted molar refractivity (Wildman–Crippen MR) is 81.0 cm³/mol. The number of nitriles is 1. The van der Waals surface area contributed by atoms with Gasteiger partial charge in [-0.15, -0.1) is 0 Å². The summed E-state index contributed by atoms with van der Waals surface area (Å²) in [6, 6.07) is 8.84. The largest absolute Gasteiger partial charge is 0.296 e. The van der Waals surface area contributed by atoms with E-state index in [1.54, 1.807) is 0 Å². The Kier molecular flexibility index (Phi) is 6.59. The van der Waals surface area contributed by atoms with Crippen LogP contribution in [0.3, 0.4) is 0 Å². The maximum atomic E-state index is 8.92. The fourth-order valence-electron chi connectivity index (χ4n) is 2.24. The summed E-state index contributed by atoms with van der Waals surface area (Å²) >= 11 is 0. The molecule has 1 aromatic carbocycles. The van der Waals surface area contributed by atoms with E-state index in [-0.39, 0.29) is 0 Å². The maximum absolute atomic E-state index is 8.92. The van der Waals surface area contributed by atoms with Gasteiger partial charge >= 0.3 is 0 Å². The van der Waals surface area contributed by atoms with Crippen LogP contribution in [0, 0.1) is 18.3 Å². The summed E-state index contributed by atoms with van der Waals surface area (Å²) in [6.45, 7) is 11.0. The van der Waals surface area contributed by atoms with Crippen molar-refractivity contribution < 1.29 is 0 Å². The van der Waals surface area contributed by atoms with Gasteiger partial charge in [-0.05, 0) is 56.5 Å². The zero-order valence-corrected chi connectivity index (χ0v) is 12.7. The van der Waals surface area contributed by atoms with Gasteiger partial charge in [-0.25, -0.2) is 0 Å². The Morgan fingerprint density at radius 1 is 1.32 bits per heavy atom. The molecule has 0 bridgehead atoms. The van der Waals surface area contributed by atoms with Crippen molar-refractivity contribution in [1.82, 2.24) is 4.90 Å². The molecule has 1 rings (SSSR count). The van der Waals surface area contributed by atoms with Crippen molar-refractivity contribution in [3.63, 3.8) is 0 Å². The average molecular weight is 258 g/mol. The molecule has 0 N–H and O–H groups in total. The van der Waals surface area contributed by atoms with E-state index >= 15 is 0 Å². The second-order valence-corrected chi connectivity index (χ2v) is 5.33. The second kappa shape index (κ2) is 7.96. The Bertz CT molecular complexity index is 431. The highest BCUT2D eigenvalue weighted by atomic mass is 15.1. The second-order valence-electron chi connectivity index (χ2n) is 5.33. The minimum atomic E-state index is 0.613. The molecule has 1 unspecified atom stereocenters. The number of nitrogens with zero attached hydrogens (tertiary/aromatic N) is 2. The van der Waals surface area contributed by atoms with E-state index in [0.717, 1.165) is 18.7 Å². The van der Waals surface area contributed by atoms with Crippen molar-refractivity contribution in [2.45, 2.75) is 59.5 Å². The molecule has 0 aliphatic heterocycles. The van der Waals surface area contributed by atoms with Gasteiger partial charge in [-0.1, -0.05) is 26.3 Å². The van der Waals surface area contributed by atoms with Crippen molar-refractivity contribution >= 4 is 0 Å². The van der Waals surface area contributed by atoms with E-state index in [4.69, 9.17) is 5.26 Å². The Balaban J connectivity index is 2.81. The minimum absolute atomic E-state index is 0.613. The van der Waals surface area contributed by atoms with E-state index in [2.05, 4.69) is 44.7 Å². The van der Waals surface area contributed by atoms with Gasteiger partial charge in [-0.2, -0.15) is 5.26 Å². The van der Waals surface area contributed by atoms with Gasteiger partial charge in [0.15, 0.2) is 0 Å². The summed E-state index contributed by atoms with van der Waals surface area (Å²) in [5.74, 6) is 0. The standard InChI is InChI=1S/C17H26N2/c1-5-7-10-19(15(4)6-2)13-17-9-8-16(12-18)11-14(17)3/h8-9,11,15H,5-7,10,13H2,1-4H3. The molecular formula is C17H26N2. The first kappa shape index (κ1) is 15.7. The van der Waals surface area contributed by atoms with Crippen LogP contribution in [0.5, 0.6) is 0 Å². The van der Waals surface area contributed by atoms with Gasteiger partial charge in [0.1, 0.15) is 0 Å². The van der Waals surface area contributed by atoms with Crippen LogP contribution in [0.15, 0.2) is 18.2 Å². The van der Waals surface area contributed by atoms with Crippen LogP contribution in [-0.2, 0) is 6.54 Å². The molecule has 104 valence electrons. The quantitative estimate of drug-likeness (QED) is 0.730. The fraction of sp³-hybridized carbons (Fsp3) is 0.588. The molecule has 0 fully saturated rings. The lowest BCUT2D eigenvalue weighted by molar-refractivity contribution is 0.192. The van der Waals surface area contributed by atoms with E-state index in [1.807, 2.05) is 12.1 Å². The zero-order valence-electron chi connectivity index (χ0n) is 12.7. The molecule has 2 heteroatoms. The molecule has 0 spiro atoms. The number of unbranched alkanes of at least 4 members (excludes halogenated alkanes) is 1. The molecule has 0 aromatic heterocycles. The van der Waals surface area contributed by atoms with Crippen LogP contribution in [-0.4, -0.2) is 17.5 Å². The molecule has 19 heavy (non-hydrogen) atoms. The summed E-state index contributed by atoms with van der Waals surface area (Å²) in [5.41, 5.74) is 3.32. The summed E-state index contributed by atoms with van der Waals surface area (Å²) < 4.78 is 0. The minimum Gasteiger partial charge on any atom is -0.296 e. The molecule has 1 aromatic rings. The molecule has 1 atom stereocenters. The highest BCUT2D eigenvalue weighted by molar-refractivity contribution is 5.37. The number of aryl methyl sites for hydroxylation is 1. The number of rotatable bonds is 7. The number of hydrogen-bond donors (Lipinski definition) is 0. The van der Waals surface area contributed by atoms with Crippen molar-refractivity contribution in [3.8, 4) is 6.07 Å². The maximum Gasteiger partial charge on any atom is 0.0991 e. The van der Waals surface area contributed by atoms with Gasteiger partial charge in [0.05, 0.1) is 11.6 Å². The SMILES string of the molecule is CCCCN(Cc1ccc(C#N)cc1C)C(C)CC. The summed E-state index contributed by atoms with van der Waals surface area (Å²) in [6.07, 6.45) is 3.66. The molecule has 0 heterocycles. The van der Waals surface area contributed by atoms with Gasteiger partial charge in [0.25, 0.3) is 0 Å². The summed E-state index contributed by atoms with van der Waals surface area (Å²) in [4.78, 5) is 2.55. The molecule has 0 radical (unpaired) electrons. The lowest BCUT2D eigenvalue weighted by atomic mass is 10.0. The van der Waals surface area contributed by atoms with E-state index in [1.165, 1.54) is 30.4 Å². The van der Waals surface area contributed by atoms with Gasteiger partial charge < -0.3 is 0 Å². The van der Waals surface area contributed by atoms with E-state index in [0.29, 0.717) is 6.04 Å². The topological polar surface area (TPSA) is 27.0 Å². The smallest absolute Gasteiger partial charge is 0.0991 e. The van der Waals surface area contributed by atoms with Gasteiger partial charge in [0.2, 0.25) is 0 Å². The highest BCUT2D eigenvalue weighted by Crippen LogP contribution is 2.16. The third-order valence-electron chi connectivity index (χ3n) is 3.86. The predicted octanol–water partition coefficient (Wildman–Crippen LogP) is 4.27. The first-order valence-electron chi connectivity index (χ1n) is 7.36. The van der Waals surface area contributed by atoms with Crippen LogP contribution in [0.4, 0.5) is 0 Å². The Hall–Kier alpha value is -1.33. The molecule has 0 aliphatic rings. The van der Waals surface area contributed by atoms with Crippen LogP contribution in [0.2, 0.25) is 0 Å². The lowest BCUT2D eigenvalue weighted by Crippen LogP contribution is -2.33. The number of benzene rings is 1. The van der Waals surface area contributed by atoms with Crippen LogP contribution in [0.1, 0.15) is 56.7 Å². The van der Waals surface area contributed by atoms with Crippen molar-refractivity contribution in [1.29, 1.82) is 5.26 Å². The molecular weight excluding hydrogens is 232 g/mol. The van der Waals surface area contributed by atoms with Crippen LogP contribution in [0.25, 0.3) is 0 Å². The highest BCUT2D eigenvalue weighted by Gasteiger charge is 2.13. The van der Waals surface area contributed by atoms with Crippen molar-refractivity contribution in [3.05, 3.63) is 34.9 Å². The Labute approximate surface area is 118 Å². The summed E-state index contributed by atoms with van der Waals surface area (Å²) in [7, 11) is 0. The number of hydrogen-bond acceptors (Lipinski definition) is 2. The lowest BCUT2D eigenvalue weighted by Gasteiger charge is -2.29. The first-order chi connectivity index (χ1) is 9.12. The molecule has 0 amide bonds. The van der Waals surface area contributed by atoms with Crippen molar-refractivity contribution in [2.75, 3.05) is 6.54 Å². The Morgan fingerprint density at radius 2 is 2.05 bits per heavy atom. The molecule has 0 saturated heterocycles. The zero-order chi connectivity index (χ0) is 14.3. The molecule has 0 saturated carbocycles. The van der Waals surface area contributed by atoms with Crippen LogP contribution >= 0.6 is 0 Å². The third-order valence-corrected chi connectivity index (χ3v) is 3.86. The average Bonchev–Trinajstić information content (AvgIpc) is 2.43. The van der Waals surface area contributed by atoms with E-state index in [9.17, 15) is 0 Å². The normalized spacial score (nSPS) is 12.4.